The Kier molecular flexibility index (Phi) is 6.28. The number of thioether (sulfide) groups is 1. The number of rotatable bonds is 8. The van der Waals surface area contributed by atoms with Gasteiger partial charge in [0.25, 0.3) is 0 Å². The van der Waals surface area contributed by atoms with Gasteiger partial charge in [0.2, 0.25) is 0 Å². The highest BCUT2D eigenvalue weighted by atomic mass is 32.2. The maximum atomic E-state index is 13.0. The largest absolute Gasteiger partial charge is 0.481 e. The SMILES string of the molecule is O=C(O)CSCCCC(F)(F)C(F)(F)C(F)(F)C(F)(F)F. The molecule has 0 atom stereocenters. The van der Waals surface area contributed by atoms with Gasteiger partial charge < -0.3 is 5.11 Å². The zero-order chi connectivity index (χ0) is 17.1. The van der Waals surface area contributed by atoms with Crippen LogP contribution >= 0.6 is 11.8 Å². The smallest absolute Gasteiger partial charge is 0.460 e. The van der Waals surface area contributed by atoms with Crippen molar-refractivity contribution in [3.63, 3.8) is 0 Å². The molecule has 0 fully saturated rings. The van der Waals surface area contributed by atoms with E-state index in [4.69, 9.17) is 5.11 Å². The van der Waals surface area contributed by atoms with Gasteiger partial charge in [-0.05, 0) is 12.2 Å². The van der Waals surface area contributed by atoms with E-state index in [0.29, 0.717) is 11.8 Å². The third-order valence-electron chi connectivity index (χ3n) is 2.21. The standard InChI is InChI=1S/C9H9F9O2S/c10-6(11,2-1-3-21-4-5(19)20)7(12,13)8(14,15)9(16,17)18/h1-4H2,(H,19,20). The second-order valence-corrected chi connectivity index (χ2v) is 5.01. The average Bonchev–Trinajstić information content (AvgIpc) is 2.25. The Balaban J connectivity index is 4.77. The maximum Gasteiger partial charge on any atom is 0.460 e. The van der Waals surface area contributed by atoms with E-state index in [1.165, 1.54) is 0 Å². The molecule has 0 unspecified atom stereocenters. The first-order valence-corrected chi connectivity index (χ1v) is 6.32. The van der Waals surface area contributed by atoms with Gasteiger partial charge in [0, 0.05) is 6.42 Å². The van der Waals surface area contributed by atoms with E-state index in [-0.39, 0.29) is 0 Å². The molecule has 0 aliphatic heterocycles. The van der Waals surface area contributed by atoms with Crippen LogP contribution in [-0.4, -0.2) is 46.5 Å². The highest BCUT2D eigenvalue weighted by molar-refractivity contribution is 7.99. The van der Waals surface area contributed by atoms with Gasteiger partial charge in [0.05, 0.1) is 5.75 Å². The van der Waals surface area contributed by atoms with Crippen LogP contribution in [0.4, 0.5) is 39.5 Å². The van der Waals surface area contributed by atoms with Gasteiger partial charge >= 0.3 is 29.9 Å². The minimum atomic E-state index is -6.88. The highest BCUT2D eigenvalue weighted by Gasteiger charge is 2.81. The molecule has 21 heavy (non-hydrogen) atoms. The normalized spacial score (nSPS) is 14.3. The minimum Gasteiger partial charge on any atom is -0.481 e. The summed E-state index contributed by atoms with van der Waals surface area (Å²) in [5.41, 5.74) is 0. The lowest BCUT2D eigenvalue weighted by atomic mass is 10.00. The summed E-state index contributed by atoms with van der Waals surface area (Å²) in [6, 6.07) is 0. The van der Waals surface area contributed by atoms with Crippen molar-refractivity contribution in [1.29, 1.82) is 0 Å². The van der Waals surface area contributed by atoms with E-state index < -0.39 is 54.3 Å². The van der Waals surface area contributed by atoms with Crippen molar-refractivity contribution in [2.24, 2.45) is 0 Å². The lowest BCUT2D eigenvalue weighted by molar-refractivity contribution is -0.396. The first-order valence-electron chi connectivity index (χ1n) is 5.16. The van der Waals surface area contributed by atoms with E-state index in [1.807, 2.05) is 0 Å². The summed E-state index contributed by atoms with van der Waals surface area (Å²) in [7, 11) is 0. The molecule has 0 bridgehead atoms. The molecule has 0 saturated carbocycles. The van der Waals surface area contributed by atoms with Crippen LogP contribution < -0.4 is 0 Å². The molecule has 0 amide bonds. The van der Waals surface area contributed by atoms with E-state index in [0.717, 1.165) is 0 Å². The number of aliphatic carboxylic acids is 1. The predicted octanol–water partition coefficient (Wildman–Crippen LogP) is 4.05. The van der Waals surface area contributed by atoms with Crippen LogP contribution in [0.2, 0.25) is 0 Å². The van der Waals surface area contributed by atoms with Gasteiger partial charge in [0.1, 0.15) is 0 Å². The zero-order valence-corrected chi connectivity index (χ0v) is 10.8. The van der Waals surface area contributed by atoms with Crippen molar-refractivity contribution in [2.75, 3.05) is 11.5 Å². The fraction of sp³-hybridized carbons (Fsp3) is 0.889. The fourth-order valence-electron chi connectivity index (χ4n) is 1.12. The first kappa shape index (κ1) is 20.2. The van der Waals surface area contributed by atoms with Crippen LogP contribution in [0.15, 0.2) is 0 Å². The molecule has 1 N–H and O–H groups in total. The molecule has 0 saturated heterocycles. The van der Waals surface area contributed by atoms with Crippen LogP contribution in [0, 0.1) is 0 Å². The molecule has 2 nitrogen and oxygen atoms in total. The maximum absolute atomic E-state index is 13.0. The van der Waals surface area contributed by atoms with Crippen LogP contribution in [0.25, 0.3) is 0 Å². The Labute approximate surface area is 116 Å². The van der Waals surface area contributed by atoms with Gasteiger partial charge in [-0.15, -0.1) is 0 Å². The lowest BCUT2D eigenvalue weighted by Crippen LogP contribution is -2.60. The molecular formula is C9H9F9O2S. The number of hydrogen-bond donors (Lipinski definition) is 1. The van der Waals surface area contributed by atoms with Crippen molar-refractivity contribution in [2.45, 2.75) is 36.8 Å². The second kappa shape index (κ2) is 6.53. The quantitative estimate of drug-likeness (QED) is 0.529. The molecule has 0 spiro atoms. The molecule has 12 heteroatoms. The monoisotopic (exact) mass is 352 g/mol. The number of carboxylic acids is 1. The molecule has 0 aromatic carbocycles. The van der Waals surface area contributed by atoms with Crippen LogP contribution in [0.5, 0.6) is 0 Å². The second-order valence-electron chi connectivity index (χ2n) is 3.90. The summed E-state index contributed by atoms with van der Waals surface area (Å²) in [5, 5.41) is 8.18. The Morgan fingerprint density at radius 1 is 0.905 bits per heavy atom. The lowest BCUT2D eigenvalue weighted by Gasteiger charge is -2.33. The molecular weight excluding hydrogens is 343 g/mol. The topological polar surface area (TPSA) is 37.3 Å². The van der Waals surface area contributed by atoms with E-state index in [1.54, 1.807) is 0 Å². The van der Waals surface area contributed by atoms with Crippen molar-refractivity contribution in [3.8, 4) is 0 Å². The third-order valence-corrected chi connectivity index (χ3v) is 3.24. The van der Waals surface area contributed by atoms with Crippen LogP contribution in [0.3, 0.4) is 0 Å². The van der Waals surface area contributed by atoms with Crippen LogP contribution in [0.1, 0.15) is 12.8 Å². The Morgan fingerprint density at radius 3 is 1.76 bits per heavy atom. The minimum absolute atomic E-state index is 0.407. The molecule has 0 rings (SSSR count). The summed E-state index contributed by atoms with van der Waals surface area (Å²) >= 11 is 0.538. The molecule has 0 aliphatic rings. The van der Waals surface area contributed by atoms with Gasteiger partial charge in [-0.1, -0.05) is 0 Å². The summed E-state index contributed by atoms with van der Waals surface area (Å²) in [5.74, 6) is -21.3. The van der Waals surface area contributed by atoms with Gasteiger partial charge in [-0.3, -0.25) is 4.79 Å². The van der Waals surface area contributed by atoms with Crippen molar-refractivity contribution in [3.05, 3.63) is 0 Å². The Hall–Kier alpha value is -0.810. The first-order chi connectivity index (χ1) is 9.17. The van der Waals surface area contributed by atoms with Crippen LogP contribution in [-0.2, 0) is 4.79 Å². The summed E-state index contributed by atoms with van der Waals surface area (Å²) in [6.07, 6.45) is -9.61. The fourth-order valence-corrected chi connectivity index (χ4v) is 1.79. The number of alkyl halides is 9. The van der Waals surface area contributed by atoms with Gasteiger partial charge in [0.15, 0.2) is 0 Å². The zero-order valence-electron chi connectivity index (χ0n) is 9.99. The van der Waals surface area contributed by atoms with E-state index in [2.05, 4.69) is 0 Å². The van der Waals surface area contributed by atoms with Crippen molar-refractivity contribution < 1.29 is 49.4 Å². The molecule has 0 aromatic heterocycles. The number of halogens is 9. The Morgan fingerprint density at radius 2 is 1.38 bits per heavy atom. The number of carbonyl (C=O) groups is 1. The average molecular weight is 352 g/mol. The highest BCUT2D eigenvalue weighted by Crippen LogP contribution is 2.54. The van der Waals surface area contributed by atoms with Gasteiger partial charge in [-0.2, -0.15) is 51.3 Å². The number of carboxylic acid groups (broad SMARTS) is 1. The summed E-state index contributed by atoms with van der Waals surface area (Å²) in [6.45, 7) is 0. The summed E-state index contributed by atoms with van der Waals surface area (Å²) in [4.78, 5) is 10.0. The molecule has 126 valence electrons. The molecule has 0 aromatic rings. The van der Waals surface area contributed by atoms with E-state index >= 15 is 0 Å². The van der Waals surface area contributed by atoms with Gasteiger partial charge in [-0.25, -0.2) is 0 Å². The van der Waals surface area contributed by atoms with E-state index in [9.17, 15) is 44.3 Å². The van der Waals surface area contributed by atoms with Crippen molar-refractivity contribution >= 4 is 17.7 Å². The van der Waals surface area contributed by atoms with Crippen molar-refractivity contribution in [1.82, 2.24) is 0 Å². The Bertz CT molecular complexity index is 367. The molecule has 0 radical (unpaired) electrons. The summed E-state index contributed by atoms with van der Waals surface area (Å²) < 4.78 is 112. The molecule has 0 aliphatic carbocycles. The number of hydrogen-bond acceptors (Lipinski definition) is 2. The molecule has 0 heterocycles. The predicted molar refractivity (Wildman–Crippen MR) is 55.1 cm³/mol. The third kappa shape index (κ3) is 4.58.